The number of hydrogen-bond donors (Lipinski definition) is 1. The van der Waals surface area contributed by atoms with Crippen molar-refractivity contribution in [2.45, 2.75) is 20.4 Å². The molecule has 134 valence electrons. The Kier molecular flexibility index (Phi) is 5.84. The number of pyridine rings is 1. The predicted molar refractivity (Wildman–Crippen MR) is 110 cm³/mol. The van der Waals surface area contributed by atoms with Crippen LogP contribution in [0.1, 0.15) is 25.0 Å². The van der Waals surface area contributed by atoms with Crippen molar-refractivity contribution in [3.63, 3.8) is 0 Å². The number of fused-ring (bicyclic) bond motifs is 1. The van der Waals surface area contributed by atoms with Gasteiger partial charge in [0.05, 0.1) is 18.1 Å². The van der Waals surface area contributed by atoms with Crippen LogP contribution in [-0.4, -0.2) is 19.3 Å². The number of para-hydroxylation sites is 1. The van der Waals surface area contributed by atoms with E-state index in [0.717, 1.165) is 18.7 Å². The second kappa shape index (κ2) is 8.48. The third-order valence-corrected chi connectivity index (χ3v) is 4.72. The highest BCUT2D eigenvalue weighted by molar-refractivity contribution is 5.96. The van der Waals surface area contributed by atoms with Gasteiger partial charge in [-0.2, -0.15) is 5.10 Å². The maximum atomic E-state index is 4.41. The van der Waals surface area contributed by atoms with Gasteiger partial charge in [-0.25, -0.2) is 4.57 Å². The minimum atomic E-state index is 0.716. The van der Waals surface area contributed by atoms with Gasteiger partial charge in [0.2, 0.25) is 5.52 Å². The van der Waals surface area contributed by atoms with Crippen LogP contribution in [0.3, 0.4) is 0 Å². The first-order valence-electron chi connectivity index (χ1n) is 9.20. The lowest BCUT2D eigenvalue weighted by molar-refractivity contribution is -0.644. The fourth-order valence-corrected chi connectivity index (χ4v) is 3.17. The molecule has 3 aromatic rings. The Balaban J connectivity index is 1.64. The van der Waals surface area contributed by atoms with Crippen molar-refractivity contribution in [2.75, 3.05) is 18.0 Å². The summed E-state index contributed by atoms with van der Waals surface area (Å²) in [6.45, 7) is 7.14. The molecule has 26 heavy (non-hydrogen) atoms. The van der Waals surface area contributed by atoms with Crippen molar-refractivity contribution in [3.8, 4) is 0 Å². The van der Waals surface area contributed by atoms with E-state index in [2.05, 4.69) is 102 Å². The molecule has 1 N–H and O–H groups in total. The molecule has 0 spiro atoms. The second-order valence-electron chi connectivity index (χ2n) is 6.33. The molecule has 4 heteroatoms. The van der Waals surface area contributed by atoms with Crippen molar-refractivity contribution in [3.05, 3.63) is 71.9 Å². The lowest BCUT2D eigenvalue weighted by atomic mass is 10.1. The number of nitrogens with one attached hydrogen (secondary N) is 1. The number of rotatable bonds is 7. The summed E-state index contributed by atoms with van der Waals surface area (Å²) in [5.74, 6) is 0. The van der Waals surface area contributed by atoms with Gasteiger partial charge in [-0.3, -0.25) is 0 Å². The molecule has 0 amide bonds. The molecule has 0 bridgehead atoms. The van der Waals surface area contributed by atoms with Crippen LogP contribution < -0.4 is 14.9 Å². The normalized spacial score (nSPS) is 11.2. The number of benzene rings is 2. The second-order valence-corrected chi connectivity index (χ2v) is 6.33. The van der Waals surface area contributed by atoms with E-state index in [0.29, 0.717) is 6.54 Å². The highest BCUT2D eigenvalue weighted by atomic mass is 15.3. The van der Waals surface area contributed by atoms with Crippen LogP contribution in [0.5, 0.6) is 0 Å². The number of anilines is 1. The molecular weight excluding hydrogens is 320 g/mol. The van der Waals surface area contributed by atoms with E-state index < -0.39 is 0 Å². The van der Waals surface area contributed by atoms with Gasteiger partial charge >= 0.3 is 0 Å². The van der Waals surface area contributed by atoms with Crippen LogP contribution in [0.25, 0.3) is 10.9 Å². The van der Waals surface area contributed by atoms with Crippen LogP contribution in [0.15, 0.2) is 65.9 Å². The van der Waals surface area contributed by atoms with Crippen molar-refractivity contribution in [2.24, 2.45) is 12.1 Å². The molecule has 0 fully saturated rings. The number of hydrogen-bond acceptors (Lipinski definition) is 3. The quantitative estimate of drug-likeness (QED) is 0.402. The third kappa shape index (κ3) is 4.02. The molecule has 0 unspecified atom stereocenters. The first kappa shape index (κ1) is 17.9. The summed E-state index contributed by atoms with van der Waals surface area (Å²) in [7, 11) is 2.06. The molecule has 0 atom stereocenters. The molecule has 0 radical (unpaired) electrons. The fourth-order valence-electron chi connectivity index (χ4n) is 3.17. The summed E-state index contributed by atoms with van der Waals surface area (Å²) in [5, 5.41) is 5.61. The minimum Gasteiger partial charge on any atom is -0.372 e. The lowest BCUT2D eigenvalue weighted by Gasteiger charge is -2.21. The van der Waals surface area contributed by atoms with E-state index in [1.165, 1.54) is 22.2 Å². The van der Waals surface area contributed by atoms with Gasteiger partial charge in [0.25, 0.3) is 0 Å². The summed E-state index contributed by atoms with van der Waals surface area (Å²) in [4.78, 5) is 2.34. The molecular formula is C22H27N4+. The van der Waals surface area contributed by atoms with Gasteiger partial charge in [0, 0.05) is 36.5 Å². The van der Waals surface area contributed by atoms with Gasteiger partial charge < -0.3 is 10.3 Å². The van der Waals surface area contributed by atoms with Gasteiger partial charge in [0.1, 0.15) is 7.05 Å². The average Bonchev–Trinajstić information content (AvgIpc) is 2.69. The summed E-state index contributed by atoms with van der Waals surface area (Å²) in [6.07, 6.45) is 3.96. The molecule has 1 heterocycles. The van der Waals surface area contributed by atoms with E-state index >= 15 is 0 Å². The van der Waals surface area contributed by atoms with Crippen LogP contribution in [0, 0.1) is 0 Å². The minimum absolute atomic E-state index is 0.716. The Bertz CT molecular complexity index is 880. The SMILES string of the molecule is CCN(CC)c1ccc(CN/N=C\c2cc[n+](C)c3ccccc23)cc1. The molecule has 4 nitrogen and oxygen atoms in total. The van der Waals surface area contributed by atoms with Gasteiger partial charge in [0.15, 0.2) is 6.20 Å². The molecule has 0 saturated carbocycles. The lowest BCUT2D eigenvalue weighted by Crippen LogP contribution is -2.28. The first-order valence-corrected chi connectivity index (χ1v) is 9.20. The largest absolute Gasteiger partial charge is 0.372 e. The van der Waals surface area contributed by atoms with E-state index in [4.69, 9.17) is 0 Å². The highest BCUT2D eigenvalue weighted by Gasteiger charge is 2.07. The standard InChI is InChI=1S/C22H26N4/c1-4-26(5-2)20-12-10-18(11-13-20)16-23-24-17-19-14-15-25(3)22-9-7-6-8-21(19)22/h6-15,17H,4-5,16H2,1-3H3/p+1. The van der Waals surface area contributed by atoms with Crippen molar-refractivity contribution in [1.29, 1.82) is 0 Å². The zero-order valence-corrected chi connectivity index (χ0v) is 15.8. The molecule has 1 aromatic heterocycles. The third-order valence-electron chi connectivity index (χ3n) is 4.72. The summed E-state index contributed by atoms with van der Waals surface area (Å²) < 4.78 is 2.12. The zero-order chi connectivity index (χ0) is 18.4. The van der Waals surface area contributed by atoms with Gasteiger partial charge in [-0.05, 0) is 37.6 Å². The zero-order valence-electron chi connectivity index (χ0n) is 15.8. The van der Waals surface area contributed by atoms with Gasteiger partial charge in [-0.1, -0.05) is 24.3 Å². The fraction of sp³-hybridized carbons (Fsp3) is 0.273. The summed E-state index contributed by atoms with van der Waals surface area (Å²) in [6, 6.07) is 19.1. The number of hydrazone groups is 1. The Morgan fingerprint density at radius 3 is 2.46 bits per heavy atom. The smallest absolute Gasteiger partial charge is 0.212 e. The molecule has 0 aliphatic heterocycles. The Hall–Kier alpha value is -2.88. The average molecular weight is 347 g/mol. The van der Waals surface area contributed by atoms with Crippen molar-refractivity contribution < 1.29 is 4.57 Å². The molecule has 3 rings (SSSR count). The number of nitrogens with zero attached hydrogens (tertiary/aromatic N) is 3. The topological polar surface area (TPSA) is 31.5 Å². The van der Waals surface area contributed by atoms with Crippen LogP contribution in [0.2, 0.25) is 0 Å². The molecule has 0 saturated heterocycles. The molecule has 0 aliphatic rings. The number of aromatic nitrogens is 1. The maximum Gasteiger partial charge on any atom is 0.212 e. The maximum absolute atomic E-state index is 4.41. The van der Waals surface area contributed by atoms with E-state index in [-0.39, 0.29) is 0 Å². The summed E-state index contributed by atoms with van der Waals surface area (Å²) in [5.41, 5.74) is 7.96. The van der Waals surface area contributed by atoms with Crippen LogP contribution >= 0.6 is 0 Å². The first-order chi connectivity index (χ1) is 12.7. The van der Waals surface area contributed by atoms with Crippen molar-refractivity contribution >= 4 is 22.8 Å². The van der Waals surface area contributed by atoms with Crippen LogP contribution in [0.4, 0.5) is 5.69 Å². The molecule has 0 aliphatic carbocycles. The summed E-state index contributed by atoms with van der Waals surface area (Å²) >= 11 is 0. The van der Waals surface area contributed by atoms with E-state index in [1.807, 2.05) is 6.21 Å². The van der Waals surface area contributed by atoms with Crippen LogP contribution in [-0.2, 0) is 13.6 Å². The van der Waals surface area contributed by atoms with E-state index in [9.17, 15) is 0 Å². The Labute approximate surface area is 155 Å². The molecule has 2 aromatic carbocycles. The van der Waals surface area contributed by atoms with Crippen molar-refractivity contribution in [1.82, 2.24) is 5.43 Å². The number of aryl methyl sites for hydroxylation is 1. The van der Waals surface area contributed by atoms with Gasteiger partial charge in [-0.15, -0.1) is 0 Å². The Morgan fingerprint density at radius 1 is 1.00 bits per heavy atom. The highest BCUT2D eigenvalue weighted by Crippen LogP contribution is 2.15. The Morgan fingerprint density at radius 2 is 1.73 bits per heavy atom. The van der Waals surface area contributed by atoms with E-state index in [1.54, 1.807) is 0 Å². The predicted octanol–water partition coefficient (Wildman–Crippen LogP) is 3.63. The monoisotopic (exact) mass is 347 g/mol.